The first-order chi connectivity index (χ1) is 8.24. The van der Waals surface area contributed by atoms with E-state index in [1.54, 1.807) is 7.11 Å². The Kier molecular flexibility index (Phi) is 3.61. The summed E-state index contributed by atoms with van der Waals surface area (Å²) in [6, 6.07) is 5.72. The van der Waals surface area contributed by atoms with Crippen molar-refractivity contribution >= 4 is 11.1 Å². The fourth-order valence-corrected chi connectivity index (χ4v) is 1.94. The number of fused-ring (bicyclic) bond motifs is 1. The molecular formula is C12H16N2O3. The lowest BCUT2D eigenvalue weighted by Crippen LogP contribution is -2.20. The van der Waals surface area contributed by atoms with E-state index in [1.165, 1.54) is 0 Å². The largest absolute Gasteiger partial charge is 0.417 e. The van der Waals surface area contributed by atoms with Crippen LogP contribution < -0.4 is 11.1 Å². The number of ether oxygens (including phenoxy) is 1. The van der Waals surface area contributed by atoms with Crippen LogP contribution in [0.4, 0.5) is 0 Å². The SMILES string of the molecule is CNCC(COC)c1ccc2[nH]c(=O)oc2c1. The highest BCUT2D eigenvalue weighted by Crippen LogP contribution is 2.20. The second-order valence-electron chi connectivity index (χ2n) is 3.98. The zero-order valence-electron chi connectivity index (χ0n) is 9.95. The predicted molar refractivity (Wildman–Crippen MR) is 65.4 cm³/mol. The summed E-state index contributed by atoms with van der Waals surface area (Å²) in [7, 11) is 3.58. The van der Waals surface area contributed by atoms with Gasteiger partial charge in [0.15, 0.2) is 5.58 Å². The van der Waals surface area contributed by atoms with Crippen LogP contribution in [0.2, 0.25) is 0 Å². The third-order valence-corrected chi connectivity index (χ3v) is 2.73. The van der Waals surface area contributed by atoms with Crippen molar-refractivity contribution in [1.82, 2.24) is 10.3 Å². The average Bonchev–Trinajstić information content (AvgIpc) is 2.67. The molecule has 0 bridgehead atoms. The third-order valence-electron chi connectivity index (χ3n) is 2.73. The number of nitrogens with one attached hydrogen (secondary N) is 2. The Bertz CT molecular complexity index is 538. The van der Waals surface area contributed by atoms with Gasteiger partial charge in [0.05, 0.1) is 12.1 Å². The van der Waals surface area contributed by atoms with E-state index in [1.807, 2.05) is 25.2 Å². The smallest absolute Gasteiger partial charge is 0.408 e. The lowest BCUT2D eigenvalue weighted by Gasteiger charge is -2.15. The van der Waals surface area contributed by atoms with E-state index in [2.05, 4.69) is 10.3 Å². The van der Waals surface area contributed by atoms with Crippen molar-refractivity contribution in [1.29, 1.82) is 0 Å². The van der Waals surface area contributed by atoms with Gasteiger partial charge in [-0.2, -0.15) is 0 Å². The van der Waals surface area contributed by atoms with Crippen LogP contribution in [0, 0.1) is 0 Å². The molecule has 0 aliphatic carbocycles. The number of oxazole rings is 1. The maximum absolute atomic E-state index is 11.1. The van der Waals surface area contributed by atoms with E-state index in [9.17, 15) is 4.79 Å². The van der Waals surface area contributed by atoms with Crippen molar-refractivity contribution in [3.05, 3.63) is 34.3 Å². The molecule has 0 radical (unpaired) electrons. The molecule has 17 heavy (non-hydrogen) atoms. The van der Waals surface area contributed by atoms with Gasteiger partial charge < -0.3 is 14.5 Å². The van der Waals surface area contributed by atoms with Gasteiger partial charge in [-0.1, -0.05) is 6.07 Å². The number of aromatic nitrogens is 1. The zero-order chi connectivity index (χ0) is 12.3. The summed E-state index contributed by atoms with van der Waals surface area (Å²) in [6.45, 7) is 1.44. The molecule has 2 aromatic rings. The van der Waals surface area contributed by atoms with Crippen molar-refractivity contribution in [3.63, 3.8) is 0 Å². The van der Waals surface area contributed by atoms with E-state index < -0.39 is 5.76 Å². The number of rotatable bonds is 5. The Morgan fingerprint density at radius 3 is 3.06 bits per heavy atom. The minimum Gasteiger partial charge on any atom is -0.408 e. The van der Waals surface area contributed by atoms with Crippen molar-refractivity contribution in [2.45, 2.75) is 5.92 Å². The van der Waals surface area contributed by atoms with Gasteiger partial charge in [0.1, 0.15) is 0 Å². The quantitative estimate of drug-likeness (QED) is 0.815. The van der Waals surface area contributed by atoms with E-state index in [0.717, 1.165) is 17.6 Å². The molecule has 92 valence electrons. The van der Waals surface area contributed by atoms with Crippen LogP contribution in [-0.4, -0.2) is 32.3 Å². The second kappa shape index (κ2) is 5.16. The number of aromatic amines is 1. The molecule has 0 aliphatic heterocycles. The number of hydrogen-bond donors (Lipinski definition) is 2. The standard InChI is InChI=1S/C12H16N2O3/c1-13-6-9(7-16-2)8-3-4-10-11(5-8)17-12(15)14-10/h3-5,9,13H,6-7H2,1-2H3,(H,14,15). The van der Waals surface area contributed by atoms with Crippen LogP contribution in [-0.2, 0) is 4.74 Å². The van der Waals surface area contributed by atoms with Crippen molar-refractivity contribution in [3.8, 4) is 0 Å². The van der Waals surface area contributed by atoms with Crippen molar-refractivity contribution in [2.75, 3.05) is 27.3 Å². The minimum atomic E-state index is -0.422. The first kappa shape index (κ1) is 11.9. The van der Waals surface area contributed by atoms with Gasteiger partial charge in [0.25, 0.3) is 0 Å². The molecule has 0 saturated heterocycles. The molecule has 1 aromatic carbocycles. The molecule has 1 aromatic heterocycles. The topological polar surface area (TPSA) is 67.3 Å². The summed E-state index contributed by atoms with van der Waals surface area (Å²) in [4.78, 5) is 13.7. The molecule has 1 atom stereocenters. The van der Waals surface area contributed by atoms with Crippen LogP contribution in [0.15, 0.2) is 27.4 Å². The molecule has 5 heteroatoms. The van der Waals surface area contributed by atoms with Gasteiger partial charge in [-0.3, -0.25) is 4.98 Å². The highest BCUT2D eigenvalue weighted by atomic mass is 16.5. The Morgan fingerprint density at radius 1 is 1.53 bits per heavy atom. The number of hydrogen-bond acceptors (Lipinski definition) is 4. The Morgan fingerprint density at radius 2 is 2.35 bits per heavy atom. The minimum absolute atomic E-state index is 0.245. The third kappa shape index (κ3) is 2.57. The maximum atomic E-state index is 11.1. The van der Waals surface area contributed by atoms with Gasteiger partial charge in [-0.15, -0.1) is 0 Å². The van der Waals surface area contributed by atoms with Crippen LogP contribution in [0.5, 0.6) is 0 Å². The summed E-state index contributed by atoms with van der Waals surface area (Å²) in [5.74, 6) is -0.177. The molecule has 0 aliphatic rings. The molecule has 2 rings (SSSR count). The summed E-state index contributed by atoms with van der Waals surface area (Å²) in [5, 5.41) is 3.12. The summed E-state index contributed by atoms with van der Waals surface area (Å²) in [5.41, 5.74) is 2.40. The molecule has 1 heterocycles. The van der Waals surface area contributed by atoms with Crippen LogP contribution in [0.3, 0.4) is 0 Å². The Labute approximate surface area is 98.8 Å². The predicted octanol–water partition coefficient (Wildman–Crippen LogP) is 1.07. The lowest BCUT2D eigenvalue weighted by atomic mass is 9.99. The first-order valence-corrected chi connectivity index (χ1v) is 5.51. The summed E-state index contributed by atoms with van der Waals surface area (Å²) in [6.07, 6.45) is 0. The molecule has 0 saturated carbocycles. The molecule has 0 amide bonds. The summed E-state index contributed by atoms with van der Waals surface area (Å²) >= 11 is 0. The Hall–Kier alpha value is -1.59. The van der Waals surface area contributed by atoms with Crippen molar-refractivity contribution in [2.24, 2.45) is 0 Å². The summed E-state index contributed by atoms with van der Waals surface area (Å²) < 4.78 is 10.2. The normalized spacial score (nSPS) is 13.1. The van der Waals surface area contributed by atoms with Crippen LogP contribution >= 0.6 is 0 Å². The second-order valence-corrected chi connectivity index (χ2v) is 3.98. The monoisotopic (exact) mass is 236 g/mol. The number of benzene rings is 1. The highest BCUT2D eigenvalue weighted by molar-refractivity contribution is 5.72. The molecule has 5 nitrogen and oxygen atoms in total. The van der Waals surface area contributed by atoms with E-state index in [0.29, 0.717) is 12.2 Å². The molecule has 0 spiro atoms. The fourth-order valence-electron chi connectivity index (χ4n) is 1.94. The fraction of sp³-hybridized carbons (Fsp3) is 0.417. The van der Waals surface area contributed by atoms with E-state index in [-0.39, 0.29) is 5.92 Å². The van der Waals surface area contributed by atoms with Gasteiger partial charge in [0, 0.05) is 19.6 Å². The van der Waals surface area contributed by atoms with E-state index >= 15 is 0 Å². The number of likely N-dealkylation sites (N-methyl/N-ethyl adjacent to an activating group) is 1. The maximum Gasteiger partial charge on any atom is 0.417 e. The highest BCUT2D eigenvalue weighted by Gasteiger charge is 2.12. The van der Waals surface area contributed by atoms with E-state index in [4.69, 9.17) is 9.15 Å². The molecular weight excluding hydrogens is 220 g/mol. The molecule has 1 unspecified atom stereocenters. The first-order valence-electron chi connectivity index (χ1n) is 5.51. The van der Waals surface area contributed by atoms with Crippen LogP contribution in [0.1, 0.15) is 11.5 Å². The lowest BCUT2D eigenvalue weighted by molar-refractivity contribution is 0.178. The van der Waals surface area contributed by atoms with Crippen LogP contribution in [0.25, 0.3) is 11.1 Å². The number of methoxy groups -OCH3 is 1. The Balaban J connectivity index is 2.35. The zero-order valence-corrected chi connectivity index (χ0v) is 9.95. The van der Waals surface area contributed by atoms with Gasteiger partial charge in [-0.05, 0) is 24.7 Å². The average molecular weight is 236 g/mol. The molecule has 0 fully saturated rings. The van der Waals surface area contributed by atoms with Crippen molar-refractivity contribution < 1.29 is 9.15 Å². The molecule has 2 N–H and O–H groups in total. The van der Waals surface area contributed by atoms with Gasteiger partial charge in [-0.25, -0.2) is 4.79 Å². The van der Waals surface area contributed by atoms with Gasteiger partial charge in [0.2, 0.25) is 0 Å². The number of H-pyrrole nitrogens is 1. The van der Waals surface area contributed by atoms with Gasteiger partial charge >= 0.3 is 5.76 Å².